The second kappa shape index (κ2) is 6.10. The van der Waals surface area contributed by atoms with Crippen LogP contribution in [-0.4, -0.2) is 42.2 Å². The normalized spacial score (nSPS) is 17.1. The number of piperazine rings is 1. The molecule has 0 saturated carbocycles. The maximum absolute atomic E-state index is 11.8. The predicted octanol–water partition coefficient (Wildman–Crippen LogP) is 2.47. The van der Waals surface area contributed by atoms with E-state index in [1.165, 1.54) is 0 Å². The number of anilines is 1. The average molecular weight is 342 g/mol. The highest BCUT2D eigenvalue weighted by Crippen LogP contribution is 2.19. The third-order valence-electron chi connectivity index (χ3n) is 3.10. The summed E-state index contributed by atoms with van der Waals surface area (Å²) in [5, 5.41) is 1.74. The lowest BCUT2D eigenvalue weighted by molar-refractivity contribution is -0.201. The van der Waals surface area contributed by atoms with Gasteiger partial charge in [-0.2, -0.15) is 0 Å². The highest BCUT2D eigenvalue weighted by molar-refractivity contribution is 9.10. The van der Waals surface area contributed by atoms with Crippen molar-refractivity contribution in [2.24, 2.45) is 5.41 Å². The van der Waals surface area contributed by atoms with Crippen molar-refractivity contribution in [3.63, 3.8) is 0 Å². The number of carbonyl (C=O) groups excluding carboxylic acids is 1. The summed E-state index contributed by atoms with van der Waals surface area (Å²) in [5.74, 6) is 0.766. The van der Waals surface area contributed by atoms with Gasteiger partial charge in [0.1, 0.15) is 5.82 Å². The second-order valence-electron chi connectivity index (χ2n) is 5.88. The Morgan fingerprint density at radius 1 is 1.25 bits per heavy atom. The molecule has 110 valence electrons. The molecule has 1 saturated heterocycles. The van der Waals surface area contributed by atoms with Gasteiger partial charge in [-0.05, 0) is 48.8 Å². The van der Waals surface area contributed by atoms with Gasteiger partial charge in [0.15, 0.2) is 0 Å². The molecular formula is C14H20BrN3O2. The van der Waals surface area contributed by atoms with E-state index in [1.54, 1.807) is 11.3 Å². The van der Waals surface area contributed by atoms with Gasteiger partial charge < -0.3 is 9.74 Å². The molecule has 0 aromatic carbocycles. The van der Waals surface area contributed by atoms with Crippen LogP contribution in [0.4, 0.5) is 5.82 Å². The van der Waals surface area contributed by atoms with Crippen molar-refractivity contribution in [2.75, 3.05) is 31.1 Å². The van der Waals surface area contributed by atoms with Crippen LogP contribution in [0, 0.1) is 5.41 Å². The number of halogens is 1. The molecule has 0 N–H and O–H groups in total. The molecule has 0 atom stereocenters. The number of hydrogen-bond acceptors (Lipinski definition) is 5. The predicted molar refractivity (Wildman–Crippen MR) is 81.3 cm³/mol. The molecule has 0 amide bonds. The van der Waals surface area contributed by atoms with Gasteiger partial charge >= 0.3 is 5.97 Å². The van der Waals surface area contributed by atoms with Crippen LogP contribution in [0.25, 0.3) is 0 Å². The molecule has 1 aliphatic heterocycles. The monoisotopic (exact) mass is 341 g/mol. The molecule has 0 bridgehead atoms. The molecule has 0 radical (unpaired) electrons. The summed E-state index contributed by atoms with van der Waals surface area (Å²) >= 11 is 3.38. The molecule has 6 heteroatoms. The Balaban J connectivity index is 1.86. The number of hydroxylamine groups is 2. The molecule has 0 unspecified atom stereocenters. The summed E-state index contributed by atoms with van der Waals surface area (Å²) in [6.45, 7) is 8.56. The number of carbonyl (C=O) groups is 1. The van der Waals surface area contributed by atoms with Gasteiger partial charge in [0, 0.05) is 23.8 Å². The molecule has 0 aliphatic carbocycles. The summed E-state index contributed by atoms with van der Waals surface area (Å²) in [6.07, 6.45) is 1.79. The number of rotatable bonds is 2. The smallest absolute Gasteiger partial charge is 0.330 e. The minimum Gasteiger partial charge on any atom is -0.367 e. The Morgan fingerprint density at radius 2 is 1.90 bits per heavy atom. The lowest BCUT2D eigenvalue weighted by Crippen LogP contribution is -2.48. The topological polar surface area (TPSA) is 45.7 Å². The molecule has 1 aromatic rings. The van der Waals surface area contributed by atoms with Crippen LogP contribution in [0.15, 0.2) is 22.8 Å². The first-order valence-electron chi connectivity index (χ1n) is 6.70. The van der Waals surface area contributed by atoms with Gasteiger partial charge in [0.2, 0.25) is 0 Å². The minimum atomic E-state index is -0.468. The molecule has 1 aliphatic rings. The van der Waals surface area contributed by atoms with E-state index < -0.39 is 5.41 Å². The Morgan fingerprint density at radius 3 is 2.40 bits per heavy atom. The summed E-state index contributed by atoms with van der Waals surface area (Å²) in [6, 6.07) is 3.97. The lowest BCUT2D eigenvalue weighted by Gasteiger charge is -2.35. The first-order valence-corrected chi connectivity index (χ1v) is 7.49. The SMILES string of the molecule is CC(C)(C)C(=O)ON1CCN(c2ccc(Br)cn2)CC1. The standard InChI is InChI=1S/C14H20BrN3O2/c1-14(2,3)13(19)20-18-8-6-17(7-9-18)12-5-4-11(15)10-16-12/h4-5,10H,6-9H2,1-3H3. The van der Waals surface area contributed by atoms with E-state index in [4.69, 9.17) is 4.84 Å². The van der Waals surface area contributed by atoms with E-state index in [9.17, 15) is 4.79 Å². The Kier molecular flexibility index (Phi) is 4.65. The van der Waals surface area contributed by atoms with Gasteiger partial charge in [-0.25, -0.2) is 9.78 Å². The van der Waals surface area contributed by atoms with Gasteiger partial charge in [-0.15, -0.1) is 5.06 Å². The molecule has 5 nitrogen and oxygen atoms in total. The van der Waals surface area contributed by atoms with E-state index in [1.807, 2.05) is 32.9 Å². The van der Waals surface area contributed by atoms with E-state index >= 15 is 0 Å². The zero-order valence-electron chi connectivity index (χ0n) is 12.1. The van der Waals surface area contributed by atoms with Crippen molar-refractivity contribution >= 4 is 27.7 Å². The molecule has 20 heavy (non-hydrogen) atoms. The highest BCUT2D eigenvalue weighted by atomic mass is 79.9. The number of pyridine rings is 1. The fourth-order valence-corrected chi connectivity index (χ4v) is 2.05. The third-order valence-corrected chi connectivity index (χ3v) is 3.57. The Labute approximate surface area is 128 Å². The van der Waals surface area contributed by atoms with Crippen LogP contribution in [0.2, 0.25) is 0 Å². The van der Waals surface area contributed by atoms with Crippen LogP contribution < -0.4 is 4.90 Å². The fourth-order valence-electron chi connectivity index (χ4n) is 1.82. The molecule has 1 fully saturated rings. The largest absolute Gasteiger partial charge is 0.367 e. The first kappa shape index (κ1) is 15.3. The quantitative estimate of drug-likeness (QED) is 0.826. The summed E-state index contributed by atoms with van der Waals surface area (Å²) in [5.41, 5.74) is -0.468. The van der Waals surface area contributed by atoms with Crippen molar-refractivity contribution in [2.45, 2.75) is 20.8 Å². The fraction of sp³-hybridized carbons (Fsp3) is 0.571. The lowest BCUT2D eigenvalue weighted by atomic mass is 9.98. The summed E-state index contributed by atoms with van der Waals surface area (Å²) in [7, 11) is 0. The number of aromatic nitrogens is 1. The van der Waals surface area contributed by atoms with Crippen molar-refractivity contribution in [1.82, 2.24) is 10.0 Å². The van der Waals surface area contributed by atoms with Gasteiger partial charge in [0.25, 0.3) is 0 Å². The molecule has 2 rings (SSSR count). The molecular weight excluding hydrogens is 322 g/mol. The zero-order valence-corrected chi connectivity index (χ0v) is 13.7. The van der Waals surface area contributed by atoms with Crippen molar-refractivity contribution in [3.8, 4) is 0 Å². The highest BCUT2D eigenvalue weighted by Gasteiger charge is 2.28. The Hall–Kier alpha value is -1.14. The van der Waals surface area contributed by atoms with E-state index in [0.717, 1.165) is 23.4 Å². The van der Waals surface area contributed by atoms with Crippen LogP contribution >= 0.6 is 15.9 Å². The third kappa shape index (κ3) is 3.93. The van der Waals surface area contributed by atoms with Crippen molar-refractivity contribution in [1.29, 1.82) is 0 Å². The van der Waals surface area contributed by atoms with Crippen LogP contribution in [0.1, 0.15) is 20.8 Å². The summed E-state index contributed by atoms with van der Waals surface area (Å²) in [4.78, 5) is 23.8. The van der Waals surface area contributed by atoms with Gasteiger partial charge in [-0.3, -0.25) is 0 Å². The minimum absolute atomic E-state index is 0.187. The van der Waals surface area contributed by atoms with Gasteiger partial charge in [-0.1, -0.05) is 0 Å². The molecule has 2 heterocycles. The maximum atomic E-state index is 11.8. The Bertz CT molecular complexity index is 462. The molecule has 1 aromatic heterocycles. The maximum Gasteiger partial charge on any atom is 0.330 e. The van der Waals surface area contributed by atoms with Crippen molar-refractivity contribution < 1.29 is 9.63 Å². The zero-order chi connectivity index (χ0) is 14.8. The van der Waals surface area contributed by atoms with E-state index in [-0.39, 0.29) is 5.97 Å². The van der Waals surface area contributed by atoms with Crippen LogP contribution in [0.5, 0.6) is 0 Å². The number of nitrogens with zero attached hydrogens (tertiary/aromatic N) is 3. The van der Waals surface area contributed by atoms with Crippen LogP contribution in [0.3, 0.4) is 0 Å². The second-order valence-corrected chi connectivity index (χ2v) is 6.80. The van der Waals surface area contributed by atoms with Crippen LogP contribution in [-0.2, 0) is 9.63 Å². The summed E-state index contributed by atoms with van der Waals surface area (Å²) < 4.78 is 0.971. The molecule has 0 spiro atoms. The average Bonchev–Trinajstić information content (AvgIpc) is 2.39. The van der Waals surface area contributed by atoms with E-state index in [0.29, 0.717) is 13.1 Å². The first-order chi connectivity index (χ1) is 9.36. The van der Waals surface area contributed by atoms with Crippen molar-refractivity contribution in [3.05, 3.63) is 22.8 Å². The number of hydrogen-bond donors (Lipinski definition) is 0. The van der Waals surface area contributed by atoms with Gasteiger partial charge in [0.05, 0.1) is 18.5 Å². The van der Waals surface area contributed by atoms with E-state index in [2.05, 4.69) is 25.8 Å².